The van der Waals surface area contributed by atoms with Crippen molar-refractivity contribution in [1.82, 2.24) is 15.5 Å². The van der Waals surface area contributed by atoms with Crippen LogP contribution in [0.2, 0.25) is 5.02 Å². The van der Waals surface area contributed by atoms with Crippen LogP contribution in [-0.4, -0.2) is 60.9 Å². The highest BCUT2D eigenvalue weighted by Crippen LogP contribution is 2.25. The molecule has 3 N–H and O–H groups in total. The number of benzene rings is 1. The highest BCUT2D eigenvalue weighted by atomic mass is 35.5. The van der Waals surface area contributed by atoms with Crippen LogP contribution in [0.25, 0.3) is 0 Å². The van der Waals surface area contributed by atoms with Crippen LogP contribution in [-0.2, 0) is 9.53 Å². The molecular weight excluding hydrogens is 358 g/mol. The molecule has 1 atom stereocenters. The molecule has 2 amide bonds. The van der Waals surface area contributed by atoms with Crippen molar-refractivity contribution < 1.29 is 19.4 Å². The molecule has 0 aromatic heterocycles. The normalized spacial score (nSPS) is 20.3. The first-order valence-corrected chi connectivity index (χ1v) is 9.08. The number of urea groups is 1. The summed E-state index contributed by atoms with van der Waals surface area (Å²) < 4.78 is 5.20. The lowest BCUT2D eigenvalue weighted by atomic mass is 9.85. The summed E-state index contributed by atoms with van der Waals surface area (Å²) in [6.45, 7) is 3.01. The minimum absolute atomic E-state index is 0.0343. The Morgan fingerprint density at radius 2 is 2.00 bits per heavy atom. The predicted octanol–water partition coefficient (Wildman–Crippen LogP) is 2.26. The van der Waals surface area contributed by atoms with Gasteiger partial charge in [0.25, 0.3) is 0 Å². The Hall–Kier alpha value is -1.83. The Labute approximate surface area is 158 Å². The number of hydrogen-bond donors (Lipinski definition) is 3. The Bertz CT molecular complexity index is 605. The number of carbonyl (C=O) groups is 2. The number of aliphatic carboxylic acids is 1. The van der Waals surface area contributed by atoms with Gasteiger partial charge in [-0.3, -0.25) is 9.69 Å². The molecule has 1 aliphatic carbocycles. The Kier molecular flexibility index (Phi) is 7.68. The molecule has 144 valence electrons. The third-order valence-corrected chi connectivity index (χ3v) is 4.87. The molecule has 0 aliphatic heterocycles. The zero-order valence-electron chi connectivity index (χ0n) is 15.1. The van der Waals surface area contributed by atoms with E-state index in [9.17, 15) is 9.59 Å². The molecule has 8 heteroatoms. The second-order valence-corrected chi connectivity index (χ2v) is 6.89. The molecule has 1 aromatic carbocycles. The largest absolute Gasteiger partial charge is 0.480 e. The van der Waals surface area contributed by atoms with Crippen LogP contribution in [0, 0.1) is 0 Å². The first-order chi connectivity index (χ1) is 12.4. The van der Waals surface area contributed by atoms with E-state index in [2.05, 4.69) is 10.6 Å². The molecule has 0 heterocycles. The van der Waals surface area contributed by atoms with Gasteiger partial charge in [-0.05, 0) is 37.1 Å². The molecule has 26 heavy (non-hydrogen) atoms. The van der Waals surface area contributed by atoms with Gasteiger partial charge < -0.3 is 20.5 Å². The van der Waals surface area contributed by atoms with E-state index in [0.29, 0.717) is 18.2 Å². The van der Waals surface area contributed by atoms with Crippen molar-refractivity contribution in [2.45, 2.75) is 37.9 Å². The van der Waals surface area contributed by atoms with Crippen molar-refractivity contribution in [1.29, 1.82) is 0 Å². The van der Waals surface area contributed by atoms with Gasteiger partial charge in [-0.1, -0.05) is 30.7 Å². The number of carboxylic acid groups (broad SMARTS) is 1. The Balaban J connectivity index is 1.82. The Morgan fingerprint density at radius 3 is 2.54 bits per heavy atom. The third-order valence-electron chi connectivity index (χ3n) is 4.62. The van der Waals surface area contributed by atoms with Gasteiger partial charge in [0.1, 0.15) is 0 Å². The summed E-state index contributed by atoms with van der Waals surface area (Å²) in [7, 11) is 1.58. The maximum Gasteiger partial charge on any atom is 0.317 e. The molecule has 1 unspecified atom stereocenters. The maximum absolute atomic E-state index is 12.3. The van der Waals surface area contributed by atoms with Crippen LogP contribution >= 0.6 is 11.6 Å². The van der Waals surface area contributed by atoms with Crippen molar-refractivity contribution in [2.75, 3.05) is 26.8 Å². The van der Waals surface area contributed by atoms with Crippen molar-refractivity contribution in [2.24, 2.45) is 0 Å². The second kappa shape index (κ2) is 9.75. The molecule has 0 saturated heterocycles. The number of ether oxygens (including phenoxy) is 1. The zero-order chi connectivity index (χ0) is 19.1. The molecule has 0 spiro atoms. The number of halogens is 1. The molecule has 1 saturated carbocycles. The Morgan fingerprint density at radius 1 is 1.35 bits per heavy atom. The van der Waals surface area contributed by atoms with Gasteiger partial charge in [0.15, 0.2) is 0 Å². The third kappa shape index (κ3) is 5.86. The minimum Gasteiger partial charge on any atom is -0.480 e. The number of nitrogens with one attached hydrogen (secondary N) is 2. The smallest absolute Gasteiger partial charge is 0.317 e. The lowest BCUT2D eigenvalue weighted by molar-refractivity contribution is -0.139. The predicted molar refractivity (Wildman–Crippen MR) is 99.4 cm³/mol. The summed E-state index contributed by atoms with van der Waals surface area (Å²) in [6.07, 6.45) is 1.51. The van der Waals surface area contributed by atoms with Crippen molar-refractivity contribution >= 4 is 23.6 Å². The fourth-order valence-corrected chi connectivity index (χ4v) is 3.27. The summed E-state index contributed by atoms with van der Waals surface area (Å²) in [5.74, 6) is -0.827. The highest BCUT2D eigenvalue weighted by molar-refractivity contribution is 6.30. The van der Waals surface area contributed by atoms with Gasteiger partial charge in [0.2, 0.25) is 0 Å². The summed E-state index contributed by atoms with van der Waals surface area (Å²) >= 11 is 5.91. The van der Waals surface area contributed by atoms with Gasteiger partial charge >= 0.3 is 12.0 Å². The zero-order valence-corrected chi connectivity index (χ0v) is 15.8. The highest BCUT2D eigenvalue weighted by Gasteiger charge is 2.34. The SMILES string of the molecule is CCN(CC(=O)O)C1CC(NC(=O)NC(COC)c2ccc(Cl)cc2)C1. The number of nitrogens with zero attached hydrogens (tertiary/aromatic N) is 1. The van der Waals surface area contributed by atoms with E-state index in [1.807, 2.05) is 24.0 Å². The standard InChI is InChI=1S/C18H26ClN3O4/c1-3-22(10-17(23)24)15-8-14(9-15)20-18(25)21-16(11-26-2)12-4-6-13(19)7-5-12/h4-7,14-16H,3,8-11H2,1-2H3,(H,23,24)(H2,20,21,25). The molecule has 0 radical (unpaired) electrons. The number of methoxy groups -OCH3 is 1. The molecular formula is C18H26ClN3O4. The van der Waals surface area contributed by atoms with Gasteiger partial charge in [0, 0.05) is 24.2 Å². The van der Waals surface area contributed by atoms with Crippen LogP contribution in [0.4, 0.5) is 4.79 Å². The van der Waals surface area contributed by atoms with E-state index in [0.717, 1.165) is 18.4 Å². The lowest BCUT2D eigenvalue weighted by Gasteiger charge is -2.42. The van der Waals surface area contributed by atoms with Gasteiger partial charge in [-0.15, -0.1) is 0 Å². The molecule has 1 fully saturated rings. The summed E-state index contributed by atoms with van der Waals surface area (Å²) in [6, 6.07) is 6.99. The molecule has 1 aromatic rings. The van der Waals surface area contributed by atoms with E-state index in [4.69, 9.17) is 21.4 Å². The minimum atomic E-state index is -0.827. The fraction of sp³-hybridized carbons (Fsp3) is 0.556. The maximum atomic E-state index is 12.3. The first kappa shape index (κ1) is 20.5. The number of carbonyl (C=O) groups excluding carboxylic acids is 1. The summed E-state index contributed by atoms with van der Waals surface area (Å²) in [4.78, 5) is 25.1. The molecule has 1 aliphatic rings. The summed E-state index contributed by atoms with van der Waals surface area (Å²) in [5, 5.41) is 15.4. The molecule has 0 bridgehead atoms. The van der Waals surface area contributed by atoms with Crippen molar-refractivity contribution in [3.8, 4) is 0 Å². The quantitative estimate of drug-likeness (QED) is 0.608. The number of carboxylic acids is 1. The monoisotopic (exact) mass is 383 g/mol. The van der Waals surface area contributed by atoms with Crippen LogP contribution < -0.4 is 10.6 Å². The van der Waals surface area contributed by atoms with Crippen molar-refractivity contribution in [3.05, 3.63) is 34.9 Å². The second-order valence-electron chi connectivity index (χ2n) is 6.46. The van der Waals surface area contributed by atoms with Gasteiger partial charge in [-0.25, -0.2) is 4.79 Å². The average molecular weight is 384 g/mol. The van der Waals surface area contributed by atoms with Crippen LogP contribution in [0.15, 0.2) is 24.3 Å². The number of likely N-dealkylation sites (N-methyl/N-ethyl adjacent to an activating group) is 1. The van der Waals surface area contributed by atoms with Gasteiger partial charge in [0.05, 0.1) is 19.2 Å². The fourth-order valence-electron chi connectivity index (χ4n) is 3.14. The lowest BCUT2D eigenvalue weighted by Crippen LogP contribution is -2.56. The number of rotatable bonds is 9. The van der Waals surface area contributed by atoms with Crippen LogP contribution in [0.1, 0.15) is 31.4 Å². The van der Waals surface area contributed by atoms with E-state index in [-0.39, 0.29) is 30.7 Å². The van der Waals surface area contributed by atoms with Crippen molar-refractivity contribution in [3.63, 3.8) is 0 Å². The number of amides is 2. The van der Waals surface area contributed by atoms with E-state index >= 15 is 0 Å². The topological polar surface area (TPSA) is 90.9 Å². The van der Waals surface area contributed by atoms with E-state index < -0.39 is 5.97 Å². The average Bonchev–Trinajstić information content (AvgIpc) is 2.56. The van der Waals surface area contributed by atoms with Crippen LogP contribution in [0.5, 0.6) is 0 Å². The molecule has 2 rings (SSSR count). The van der Waals surface area contributed by atoms with Gasteiger partial charge in [-0.2, -0.15) is 0 Å². The van der Waals surface area contributed by atoms with Crippen LogP contribution in [0.3, 0.4) is 0 Å². The van der Waals surface area contributed by atoms with E-state index in [1.54, 1.807) is 19.2 Å². The number of hydrogen-bond acceptors (Lipinski definition) is 4. The first-order valence-electron chi connectivity index (χ1n) is 8.70. The summed E-state index contributed by atoms with van der Waals surface area (Å²) in [5.41, 5.74) is 0.913. The molecule has 7 nitrogen and oxygen atoms in total. The van der Waals surface area contributed by atoms with E-state index in [1.165, 1.54) is 0 Å².